The Balaban J connectivity index is 1.65. The lowest BCUT2D eigenvalue weighted by atomic mass is 10.1. The molecule has 0 bridgehead atoms. The molecule has 0 spiro atoms. The van der Waals surface area contributed by atoms with Gasteiger partial charge in [-0.2, -0.15) is 0 Å². The number of hydrogen-bond donors (Lipinski definition) is 4. The summed E-state index contributed by atoms with van der Waals surface area (Å²) in [6.07, 6.45) is 0. The number of rotatable bonds is 6. The fraction of sp³-hybridized carbons (Fsp3) is 0.450. The third-order valence-corrected chi connectivity index (χ3v) is 6.53. The van der Waals surface area contributed by atoms with Crippen molar-refractivity contribution in [3.8, 4) is 0 Å². The Morgan fingerprint density at radius 2 is 1.89 bits per heavy atom. The third kappa shape index (κ3) is 5.48. The maximum atomic E-state index is 13.1. The molecule has 0 amide bonds. The lowest BCUT2D eigenvalue weighted by Gasteiger charge is -2.37. The molecule has 2 aromatic rings. The van der Waals surface area contributed by atoms with Crippen molar-refractivity contribution in [3.05, 3.63) is 52.5 Å². The number of anilines is 1. The molecule has 1 fully saturated rings. The molecule has 4 N–H and O–H groups in total. The van der Waals surface area contributed by atoms with E-state index in [1.54, 1.807) is 21.9 Å². The van der Waals surface area contributed by atoms with E-state index in [2.05, 4.69) is 42.0 Å². The molecule has 1 aromatic carbocycles. The van der Waals surface area contributed by atoms with Gasteiger partial charge in [0.05, 0.1) is 17.5 Å². The smallest absolute Gasteiger partial charge is 0.171 e. The summed E-state index contributed by atoms with van der Waals surface area (Å²) >= 11 is 7.33. The van der Waals surface area contributed by atoms with Crippen LogP contribution in [0.1, 0.15) is 24.8 Å². The zero-order valence-corrected chi connectivity index (χ0v) is 17.6. The standard InChI is InChI=1S/C20H27FN4S2/c1-3-24-10-12-25(13-11-24)19(18-5-4-14-27-18)15(2)22-20(26)23-17-8-6-16(21)7-9-17/h4-9,14-15,19H,3,10-13H2,1-2H3,(H2,22,23,26)/p+2/t15-,19+/m0/s1. The van der Waals surface area contributed by atoms with Crippen LogP contribution in [-0.4, -0.2) is 43.9 Å². The van der Waals surface area contributed by atoms with Gasteiger partial charge in [-0.25, -0.2) is 4.39 Å². The van der Waals surface area contributed by atoms with E-state index >= 15 is 0 Å². The number of quaternary nitrogens is 2. The summed E-state index contributed by atoms with van der Waals surface area (Å²) in [4.78, 5) is 4.71. The first-order chi connectivity index (χ1) is 13.1. The highest BCUT2D eigenvalue weighted by atomic mass is 32.1. The molecule has 2 atom stereocenters. The monoisotopic (exact) mass is 408 g/mol. The SMILES string of the molecule is CC[NH+]1CC[NH+]([C@@H](c2cccs2)[C@H](C)NC(=S)Nc2ccc(F)cc2)CC1. The molecule has 7 heteroatoms. The number of nitrogens with one attached hydrogen (secondary N) is 4. The maximum absolute atomic E-state index is 13.1. The zero-order chi connectivity index (χ0) is 19.2. The lowest BCUT2D eigenvalue weighted by molar-refractivity contribution is -1.03. The Morgan fingerprint density at radius 1 is 1.19 bits per heavy atom. The van der Waals surface area contributed by atoms with Crippen molar-refractivity contribution in [2.45, 2.75) is 25.9 Å². The van der Waals surface area contributed by atoms with Crippen LogP contribution in [0.4, 0.5) is 10.1 Å². The first-order valence-electron chi connectivity index (χ1n) is 9.61. The molecule has 2 heterocycles. The minimum Gasteiger partial charge on any atom is -0.354 e. The van der Waals surface area contributed by atoms with Gasteiger partial charge in [0.2, 0.25) is 0 Å². The number of likely N-dealkylation sites (N-methyl/N-ethyl adjacent to an activating group) is 1. The van der Waals surface area contributed by atoms with Gasteiger partial charge < -0.3 is 20.4 Å². The highest BCUT2D eigenvalue weighted by Crippen LogP contribution is 2.20. The fourth-order valence-corrected chi connectivity index (χ4v) is 5.14. The number of halogens is 1. The quantitative estimate of drug-likeness (QED) is 0.541. The molecular weight excluding hydrogens is 379 g/mol. The Morgan fingerprint density at radius 3 is 2.48 bits per heavy atom. The van der Waals surface area contributed by atoms with E-state index in [4.69, 9.17) is 12.2 Å². The van der Waals surface area contributed by atoms with Crippen LogP contribution in [0.25, 0.3) is 0 Å². The van der Waals surface area contributed by atoms with E-state index in [1.165, 1.54) is 49.7 Å². The van der Waals surface area contributed by atoms with Gasteiger partial charge in [-0.15, -0.1) is 11.3 Å². The predicted molar refractivity (Wildman–Crippen MR) is 114 cm³/mol. The second-order valence-corrected chi connectivity index (χ2v) is 8.54. The van der Waals surface area contributed by atoms with Gasteiger partial charge in [0.25, 0.3) is 0 Å². The number of thiophene rings is 1. The average molecular weight is 409 g/mol. The van der Waals surface area contributed by atoms with Gasteiger partial charge in [0, 0.05) is 5.69 Å². The fourth-order valence-electron chi connectivity index (χ4n) is 3.85. The molecule has 1 saturated heterocycles. The zero-order valence-electron chi connectivity index (χ0n) is 15.9. The Labute approximate surface area is 170 Å². The lowest BCUT2D eigenvalue weighted by Crippen LogP contribution is -3.28. The first-order valence-corrected chi connectivity index (χ1v) is 10.9. The highest BCUT2D eigenvalue weighted by molar-refractivity contribution is 7.80. The molecule has 1 aliphatic rings. The van der Waals surface area contributed by atoms with Crippen LogP contribution in [-0.2, 0) is 0 Å². The van der Waals surface area contributed by atoms with Crippen LogP contribution >= 0.6 is 23.6 Å². The second kappa shape index (κ2) is 9.59. The topological polar surface area (TPSA) is 32.9 Å². The summed E-state index contributed by atoms with van der Waals surface area (Å²) in [5.74, 6) is -0.248. The predicted octanol–water partition coefficient (Wildman–Crippen LogP) is 1.11. The molecule has 0 unspecified atom stereocenters. The highest BCUT2D eigenvalue weighted by Gasteiger charge is 2.34. The normalized spacial score (nSPS) is 22.0. The van der Waals surface area contributed by atoms with Crippen molar-refractivity contribution in [2.75, 3.05) is 38.0 Å². The molecule has 3 rings (SSSR count). The van der Waals surface area contributed by atoms with Crippen molar-refractivity contribution in [1.29, 1.82) is 0 Å². The summed E-state index contributed by atoms with van der Waals surface area (Å²) < 4.78 is 13.1. The van der Waals surface area contributed by atoms with Gasteiger partial charge in [0.1, 0.15) is 38.0 Å². The minimum absolute atomic E-state index is 0.197. The van der Waals surface area contributed by atoms with Crippen molar-refractivity contribution in [1.82, 2.24) is 5.32 Å². The van der Waals surface area contributed by atoms with Crippen molar-refractivity contribution in [3.63, 3.8) is 0 Å². The van der Waals surface area contributed by atoms with Crippen LogP contribution in [0.15, 0.2) is 41.8 Å². The molecule has 1 aromatic heterocycles. The van der Waals surface area contributed by atoms with Crippen LogP contribution in [0.3, 0.4) is 0 Å². The van der Waals surface area contributed by atoms with E-state index in [1.807, 2.05) is 11.3 Å². The molecule has 0 radical (unpaired) electrons. The van der Waals surface area contributed by atoms with Gasteiger partial charge >= 0.3 is 0 Å². The number of thiocarbonyl (C=S) groups is 1. The van der Waals surface area contributed by atoms with Crippen LogP contribution in [0.2, 0.25) is 0 Å². The maximum Gasteiger partial charge on any atom is 0.171 e. The van der Waals surface area contributed by atoms with Crippen molar-refractivity contribution in [2.24, 2.45) is 0 Å². The van der Waals surface area contributed by atoms with E-state index in [-0.39, 0.29) is 11.9 Å². The van der Waals surface area contributed by atoms with Gasteiger partial charge in [0.15, 0.2) is 5.11 Å². The van der Waals surface area contributed by atoms with Gasteiger partial charge in [-0.05, 0) is 61.8 Å². The Hall–Kier alpha value is -1.54. The molecule has 146 valence electrons. The summed E-state index contributed by atoms with van der Waals surface area (Å²) in [6, 6.07) is 11.2. The molecule has 0 aliphatic carbocycles. The summed E-state index contributed by atoms with van der Waals surface area (Å²) in [7, 11) is 0. The summed E-state index contributed by atoms with van der Waals surface area (Å²) in [5.41, 5.74) is 0.793. The molecular formula is C20H29FN4S2+2. The van der Waals surface area contributed by atoms with Crippen LogP contribution in [0.5, 0.6) is 0 Å². The van der Waals surface area contributed by atoms with Crippen LogP contribution < -0.4 is 20.4 Å². The minimum atomic E-state index is -0.248. The van der Waals surface area contributed by atoms with Gasteiger partial charge in [-0.1, -0.05) is 6.07 Å². The molecule has 1 aliphatic heterocycles. The van der Waals surface area contributed by atoms with E-state index in [0.29, 0.717) is 11.2 Å². The van der Waals surface area contributed by atoms with E-state index in [9.17, 15) is 4.39 Å². The summed E-state index contributed by atoms with van der Waals surface area (Å²) in [6.45, 7) is 10.5. The molecule has 27 heavy (non-hydrogen) atoms. The molecule has 0 saturated carbocycles. The third-order valence-electron chi connectivity index (χ3n) is 5.35. The Bertz CT molecular complexity index is 712. The average Bonchev–Trinajstić information content (AvgIpc) is 3.18. The number of benzene rings is 1. The van der Waals surface area contributed by atoms with Gasteiger partial charge in [-0.3, -0.25) is 0 Å². The van der Waals surface area contributed by atoms with E-state index < -0.39 is 0 Å². The number of hydrogen-bond acceptors (Lipinski definition) is 2. The first kappa shape index (κ1) is 20.2. The van der Waals surface area contributed by atoms with Crippen molar-refractivity contribution < 1.29 is 14.2 Å². The van der Waals surface area contributed by atoms with Crippen LogP contribution in [0, 0.1) is 5.82 Å². The second-order valence-electron chi connectivity index (χ2n) is 7.15. The van der Waals surface area contributed by atoms with E-state index in [0.717, 1.165) is 5.69 Å². The van der Waals surface area contributed by atoms with Crippen molar-refractivity contribution >= 4 is 34.4 Å². The number of piperazine rings is 1. The summed E-state index contributed by atoms with van der Waals surface area (Å²) in [5, 5.41) is 9.35. The molecule has 4 nitrogen and oxygen atoms in total. The largest absolute Gasteiger partial charge is 0.354 e. The Kier molecular flexibility index (Phi) is 7.18.